The highest BCUT2D eigenvalue weighted by molar-refractivity contribution is 6.00. The standard InChI is InChI=1S/C23H22FN5O/c24-16-3-1-5-19(11-16)30-18-8-6-15(7-9-18)20-13-29(17-4-2-10-26-12-17)23-21(20)22(25)27-14-28-23/h1,3,5-9,11,13-14,17,26H,2,4,10,12H2,(H2,25,27,28)/t17-/m1/s1. The van der Waals surface area contributed by atoms with Crippen LogP contribution in [0.3, 0.4) is 0 Å². The monoisotopic (exact) mass is 403 g/mol. The number of halogens is 1. The van der Waals surface area contributed by atoms with Gasteiger partial charge in [0.05, 0.1) is 5.39 Å². The van der Waals surface area contributed by atoms with E-state index in [-0.39, 0.29) is 5.82 Å². The molecule has 1 fully saturated rings. The van der Waals surface area contributed by atoms with Crippen LogP contribution in [0.1, 0.15) is 18.9 Å². The Morgan fingerprint density at radius 2 is 1.97 bits per heavy atom. The van der Waals surface area contributed by atoms with Gasteiger partial charge in [0, 0.05) is 30.4 Å². The van der Waals surface area contributed by atoms with Gasteiger partial charge in [0.2, 0.25) is 0 Å². The molecule has 0 aliphatic carbocycles. The van der Waals surface area contributed by atoms with E-state index in [1.165, 1.54) is 18.5 Å². The van der Waals surface area contributed by atoms with Crippen LogP contribution in [0.2, 0.25) is 0 Å². The van der Waals surface area contributed by atoms with Crippen LogP contribution in [0, 0.1) is 5.82 Å². The minimum atomic E-state index is -0.329. The van der Waals surface area contributed by atoms with Gasteiger partial charge in [-0.05, 0) is 49.2 Å². The van der Waals surface area contributed by atoms with Crippen molar-refractivity contribution in [1.29, 1.82) is 0 Å². The molecule has 0 saturated carbocycles. The zero-order valence-corrected chi connectivity index (χ0v) is 16.4. The summed E-state index contributed by atoms with van der Waals surface area (Å²) in [6, 6.07) is 14.1. The number of piperidine rings is 1. The van der Waals surface area contributed by atoms with E-state index < -0.39 is 0 Å². The fourth-order valence-electron chi connectivity index (χ4n) is 4.05. The first kappa shape index (κ1) is 18.6. The Morgan fingerprint density at radius 3 is 2.73 bits per heavy atom. The number of hydrogen-bond acceptors (Lipinski definition) is 5. The molecular weight excluding hydrogens is 381 g/mol. The summed E-state index contributed by atoms with van der Waals surface area (Å²) in [5, 5.41) is 4.32. The van der Waals surface area contributed by atoms with E-state index in [9.17, 15) is 4.39 Å². The van der Waals surface area contributed by atoms with Crippen LogP contribution in [0.25, 0.3) is 22.2 Å². The van der Waals surface area contributed by atoms with Gasteiger partial charge in [-0.15, -0.1) is 0 Å². The molecule has 1 aliphatic heterocycles. The number of anilines is 1. The summed E-state index contributed by atoms with van der Waals surface area (Å²) < 4.78 is 21.4. The zero-order chi connectivity index (χ0) is 20.5. The summed E-state index contributed by atoms with van der Waals surface area (Å²) in [7, 11) is 0. The van der Waals surface area contributed by atoms with Crippen LogP contribution >= 0.6 is 0 Å². The number of nitrogens with one attached hydrogen (secondary N) is 1. The molecule has 0 spiro atoms. The third-order valence-electron chi connectivity index (χ3n) is 5.50. The third kappa shape index (κ3) is 3.48. The molecule has 0 bridgehead atoms. The van der Waals surface area contributed by atoms with E-state index >= 15 is 0 Å². The second kappa shape index (κ2) is 7.76. The molecule has 3 heterocycles. The van der Waals surface area contributed by atoms with Crippen LogP contribution in [-0.4, -0.2) is 27.6 Å². The summed E-state index contributed by atoms with van der Waals surface area (Å²) in [4.78, 5) is 8.74. The maximum Gasteiger partial charge on any atom is 0.146 e. The van der Waals surface area contributed by atoms with E-state index in [2.05, 4.69) is 26.0 Å². The number of nitrogen functional groups attached to an aromatic ring is 1. The number of ether oxygens (including phenoxy) is 1. The van der Waals surface area contributed by atoms with E-state index in [0.717, 1.165) is 48.1 Å². The maximum absolute atomic E-state index is 13.4. The van der Waals surface area contributed by atoms with Crippen molar-refractivity contribution in [2.75, 3.05) is 18.8 Å². The van der Waals surface area contributed by atoms with Gasteiger partial charge in [-0.2, -0.15) is 0 Å². The van der Waals surface area contributed by atoms with Crippen molar-refractivity contribution < 1.29 is 9.13 Å². The van der Waals surface area contributed by atoms with Crippen molar-refractivity contribution in [2.24, 2.45) is 0 Å². The van der Waals surface area contributed by atoms with Crippen LogP contribution in [0.4, 0.5) is 10.2 Å². The summed E-state index contributed by atoms with van der Waals surface area (Å²) >= 11 is 0. The van der Waals surface area contributed by atoms with Gasteiger partial charge < -0.3 is 20.4 Å². The van der Waals surface area contributed by atoms with E-state index in [4.69, 9.17) is 10.5 Å². The topological polar surface area (TPSA) is 78.0 Å². The minimum absolute atomic E-state index is 0.329. The largest absolute Gasteiger partial charge is 0.457 e. The number of nitrogens with two attached hydrogens (primary N) is 1. The number of nitrogens with zero attached hydrogens (tertiary/aromatic N) is 3. The molecule has 2 aromatic carbocycles. The lowest BCUT2D eigenvalue weighted by atomic mass is 10.1. The van der Waals surface area contributed by atoms with E-state index in [1.54, 1.807) is 12.1 Å². The van der Waals surface area contributed by atoms with Gasteiger partial charge >= 0.3 is 0 Å². The Hall–Kier alpha value is -3.45. The molecule has 3 N–H and O–H groups in total. The Bertz CT molecular complexity index is 1180. The molecule has 152 valence electrons. The van der Waals surface area contributed by atoms with Gasteiger partial charge in [0.15, 0.2) is 0 Å². The highest BCUT2D eigenvalue weighted by atomic mass is 19.1. The third-order valence-corrected chi connectivity index (χ3v) is 5.50. The average Bonchev–Trinajstić information content (AvgIpc) is 3.16. The van der Waals surface area contributed by atoms with Crippen molar-refractivity contribution >= 4 is 16.9 Å². The lowest BCUT2D eigenvalue weighted by molar-refractivity contribution is 0.378. The molecule has 5 rings (SSSR count). The van der Waals surface area contributed by atoms with Crippen molar-refractivity contribution in [3.8, 4) is 22.6 Å². The highest BCUT2D eigenvalue weighted by Gasteiger charge is 2.21. The summed E-state index contributed by atoms with van der Waals surface area (Å²) in [6.07, 6.45) is 5.87. The molecule has 2 aromatic heterocycles. The van der Waals surface area contributed by atoms with Crippen LogP contribution in [0.15, 0.2) is 61.1 Å². The lowest BCUT2D eigenvalue weighted by Gasteiger charge is -2.24. The van der Waals surface area contributed by atoms with Crippen molar-refractivity contribution in [1.82, 2.24) is 19.9 Å². The van der Waals surface area contributed by atoms with Crippen LogP contribution in [-0.2, 0) is 0 Å². The first-order valence-electron chi connectivity index (χ1n) is 10.0. The molecular formula is C23H22FN5O. The molecule has 1 aliphatic rings. The maximum atomic E-state index is 13.4. The number of hydrogen-bond donors (Lipinski definition) is 2. The average molecular weight is 403 g/mol. The number of aromatic nitrogens is 3. The fraction of sp³-hybridized carbons (Fsp3) is 0.217. The number of rotatable bonds is 4. The smallest absolute Gasteiger partial charge is 0.146 e. The number of fused-ring (bicyclic) bond motifs is 1. The van der Waals surface area contributed by atoms with Gasteiger partial charge in [-0.1, -0.05) is 18.2 Å². The molecule has 1 saturated heterocycles. The van der Waals surface area contributed by atoms with Crippen molar-refractivity contribution in [3.63, 3.8) is 0 Å². The summed E-state index contributed by atoms with van der Waals surface area (Å²) in [6.45, 7) is 1.96. The predicted octanol–water partition coefficient (Wildman–Crippen LogP) is 4.54. The lowest BCUT2D eigenvalue weighted by Crippen LogP contribution is -2.31. The van der Waals surface area contributed by atoms with E-state index in [0.29, 0.717) is 23.4 Å². The highest BCUT2D eigenvalue weighted by Crippen LogP contribution is 2.36. The SMILES string of the molecule is Nc1ncnc2c1c(-c1ccc(Oc3cccc(F)c3)cc1)cn2[C@@H]1CCCNC1. The molecule has 0 radical (unpaired) electrons. The normalized spacial score (nSPS) is 16.6. The molecule has 0 amide bonds. The minimum Gasteiger partial charge on any atom is -0.457 e. The number of benzene rings is 2. The molecule has 1 atom stereocenters. The Morgan fingerprint density at radius 1 is 1.10 bits per heavy atom. The van der Waals surface area contributed by atoms with Gasteiger partial charge in [0.1, 0.15) is 35.1 Å². The quantitative estimate of drug-likeness (QED) is 0.523. The van der Waals surface area contributed by atoms with Gasteiger partial charge in [-0.25, -0.2) is 14.4 Å². The van der Waals surface area contributed by atoms with Crippen LogP contribution in [0.5, 0.6) is 11.5 Å². The van der Waals surface area contributed by atoms with Crippen LogP contribution < -0.4 is 15.8 Å². The second-order valence-corrected chi connectivity index (χ2v) is 7.49. The first-order chi connectivity index (χ1) is 14.7. The Kier molecular flexibility index (Phi) is 4.80. The van der Waals surface area contributed by atoms with Crippen molar-refractivity contribution in [2.45, 2.75) is 18.9 Å². The van der Waals surface area contributed by atoms with E-state index in [1.807, 2.05) is 24.3 Å². The van der Waals surface area contributed by atoms with Gasteiger partial charge in [-0.3, -0.25) is 0 Å². The summed E-state index contributed by atoms with van der Waals surface area (Å²) in [5.41, 5.74) is 9.08. The molecule has 6 nitrogen and oxygen atoms in total. The van der Waals surface area contributed by atoms with Gasteiger partial charge in [0.25, 0.3) is 0 Å². The Balaban J connectivity index is 1.51. The first-order valence-corrected chi connectivity index (χ1v) is 10.0. The molecule has 0 unspecified atom stereocenters. The molecule has 7 heteroatoms. The zero-order valence-electron chi connectivity index (χ0n) is 16.4. The predicted molar refractivity (Wildman–Crippen MR) is 115 cm³/mol. The van der Waals surface area contributed by atoms with Crippen molar-refractivity contribution in [3.05, 3.63) is 66.9 Å². The fourth-order valence-corrected chi connectivity index (χ4v) is 4.05. The molecule has 30 heavy (non-hydrogen) atoms. The Labute approximate surface area is 173 Å². The second-order valence-electron chi connectivity index (χ2n) is 7.49. The molecule has 4 aromatic rings. The summed E-state index contributed by atoms with van der Waals surface area (Å²) in [5.74, 6) is 1.23.